The van der Waals surface area contributed by atoms with Crippen molar-refractivity contribution in [2.75, 3.05) is 39.3 Å². The zero-order valence-corrected chi connectivity index (χ0v) is 12.4. The van der Waals surface area contributed by atoms with Crippen molar-refractivity contribution in [2.24, 2.45) is 0 Å². The van der Waals surface area contributed by atoms with Gasteiger partial charge in [-0.15, -0.1) is 0 Å². The first-order valence-corrected chi connectivity index (χ1v) is 7.47. The average molecular weight is 273 g/mol. The lowest BCUT2D eigenvalue weighted by molar-refractivity contribution is 0.0226. The highest BCUT2D eigenvalue weighted by Crippen LogP contribution is 2.21. The molecule has 0 radical (unpaired) electrons. The number of carbonyl (C=O) groups excluding carboxylic acids is 1. The number of hydrogen-bond acceptors (Lipinski definition) is 3. The van der Waals surface area contributed by atoms with Crippen LogP contribution < -0.4 is 5.32 Å². The van der Waals surface area contributed by atoms with E-state index < -0.39 is 0 Å². The first-order chi connectivity index (χ1) is 9.66. The largest absolute Gasteiger partial charge is 0.335 e. The molecule has 0 bridgehead atoms. The Morgan fingerprint density at radius 3 is 2.60 bits per heavy atom. The minimum atomic E-state index is 0.192. The van der Waals surface area contributed by atoms with Gasteiger partial charge < -0.3 is 10.2 Å². The molecule has 2 heterocycles. The molecule has 20 heavy (non-hydrogen) atoms. The lowest BCUT2D eigenvalue weighted by Crippen LogP contribution is -2.63. The van der Waals surface area contributed by atoms with Gasteiger partial charge in [-0.2, -0.15) is 0 Å². The molecule has 2 fully saturated rings. The number of rotatable bonds is 2. The van der Waals surface area contributed by atoms with E-state index in [2.05, 4.69) is 23.2 Å². The van der Waals surface area contributed by atoms with Crippen molar-refractivity contribution >= 4 is 5.91 Å². The topological polar surface area (TPSA) is 35.6 Å². The Morgan fingerprint density at radius 1 is 1.20 bits per heavy atom. The van der Waals surface area contributed by atoms with E-state index in [-0.39, 0.29) is 5.91 Å². The maximum atomic E-state index is 12.5. The van der Waals surface area contributed by atoms with Crippen LogP contribution in [0.5, 0.6) is 0 Å². The fraction of sp³-hybridized carbons (Fsp3) is 0.562. The van der Waals surface area contributed by atoms with E-state index in [0.29, 0.717) is 6.04 Å². The molecular weight excluding hydrogens is 250 g/mol. The van der Waals surface area contributed by atoms with Crippen molar-refractivity contribution in [1.82, 2.24) is 15.1 Å². The summed E-state index contributed by atoms with van der Waals surface area (Å²) in [6.45, 7) is 10.2. The molecule has 3 rings (SSSR count). The molecule has 0 saturated carbocycles. The predicted octanol–water partition coefficient (Wildman–Crippen LogP) is 1.03. The van der Waals surface area contributed by atoms with Crippen molar-refractivity contribution in [1.29, 1.82) is 0 Å². The number of hydrogen-bond donors (Lipinski definition) is 1. The number of nitrogens with one attached hydrogen (secondary N) is 1. The highest BCUT2D eigenvalue weighted by atomic mass is 16.2. The lowest BCUT2D eigenvalue weighted by Gasteiger charge is -2.46. The van der Waals surface area contributed by atoms with Crippen molar-refractivity contribution in [3.05, 3.63) is 34.9 Å². The van der Waals surface area contributed by atoms with Gasteiger partial charge in [-0.1, -0.05) is 12.1 Å². The molecule has 0 unspecified atom stereocenters. The highest BCUT2D eigenvalue weighted by Gasteiger charge is 2.35. The van der Waals surface area contributed by atoms with E-state index in [0.717, 1.165) is 50.4 Å². The van der Waals surface area contributed by atoms with E-state index in [1.807, 2.05) is 24.0 Å². The highest BCUT2D eigenvalue weighted by molar-refractivity contribution is 5.96. The fourth-order valence-corrected chi connectivity index (χ4v) is 3.05. The first-order valence-electron chi connectivity index (χ1n) is 7.47. The lowest BCUT2D eigenvalue weighted by atomic mass is 9.99. The van der Waals surface area contributed by atoms with Gasteiger partial charge in [0.2, 0.25) is 0 Å². The van der Waals surface area contributed by atoms with Crippen LogP contribution in [0.15, 0.2) is 18.2 Å². The second-order valence-electron chi connectivity index (χ2n) is 5.90. The van der Waals surface area contributed by atoms with Crippen LogP contribution >= 0.6 is 0 Å². The Morgan fingerprint density at radius 2 is 1.90 bits per heavy atom. The van der Waals surface area contributed by atoms with Gasteiger partial charge in [-0.25, -0.2) is 0 Å². The van der Waals surface area contributed by atoms with Crippen LogP contribution in [0.4, 0.5) is 0 Å². The summed E-state index contributed by atoms with van der Waals surface area (Å²) in [6, 6.07) is 6.55. The second-order valence-corrected chi connectivity index (χ2v) is 5.90. The van der Waals surface area contributed by atoms with E-state index in [1.54, 1.807) is 0 Å². The van der Waals surface area contributed by atoms with Crippen molar-refractivity contribution in [3.8, 4) is 0 Å². The van der Waals surface area contributed by atoms with Gasteiger partial charge in [0.25, 0.3) is 5.91 Å². The van der Waals surface area contributed by atoms with Gasteiger partial charge in [0.15, 0.2) is 0 Å². The Labute approximate surface area is 120 Å². The second kappa shape index (κ2) is 5.54. The predicted molar refractivity (Wildman–Crippen MR) is 80.1 cm³/mol. The summed E-state index contributed by atoms with van der Waals surface area (Å²) in [7, 11) is 0. The minimum Gasteiger partial charge on any atom is -0.335 e. The van der Waals surface area contributed by atoms with E-state index >= 15 is 0 Å². The normalized spacial score (nSPS) is 20.8. The summed E-state index contributed by atoms with van der Waals surface area (Å²) < 4.78 is 0. The van der Waals surface area contributed by atoms with E-state index in [9.17, 15) is 4.79 Å². The molecule has 4 nitrogen and oxygen atoms in total. The summed E-state index contributed by atoms with van der Waals surface area (Å²) in [5.74, 6) is 0.192. The van der Waals surface area contributed by atoms with Crippen LogP contribution in [0, 0.1) is 13.8 Å². The zero-order valence-electron chi connectivity index (χ0n) is 12.4. The summed E-state index contributed by atoms with van der Waals surface area (Å²) >= 11 is 0. The molecule has 2 saturated heterocycles. The number of amides is 1. The minimum absolute atomic E-state index is 0.192. The molecule has 1 amide bonds. The number of benzene rings is 1. The van der Waals surface area contributed by atoms with Crippen molar-refractivity contribution in [3.63, 3.8) is 0 Å². The molecule has 0 aliphatic carbocycles. The molecule has 108 valence electrons. The first kappa shape index (κ1) is 13.6. The SMILES string of the molecule is Cc1cccc(C(=O)N2CC(N3CCNCC3)C2)c1C. The third-order valence-electron chi connectivity index (χ3n) is 4.65. The van der Waals surface area contributed by atoms with Crippen molar-refractivity contribution < 1.29 is 4.79 Å². The van der Waals surface area contributed by atoms with Gasteiger partial charge in [-0.3, -0.25) is 9.69 Å². The fourth-order valence-electron chi connectivity index (χ4n) is 3.05. The van der Waals surface area contributed by atoms with Crippen LogP contribution in [0.3, 0.4) is 0 Å². The third kappa shape index (κ3) is 2.45. The van der Waals surface area contributed by atoms with Gasteiger partial charge in [-0.05, 0) is 31.0 Å². The Balaban J connectivity index is 1.61. The molecule has 1 aromatic rings. The molecule has 1 N–H and O–H groups in total. The smallest absolute Gasteiger partial charge is 0.254 e. The maximum absolute atomic E-state index is 12.5. The third-order valence-corrected chi connectivity index (χ3v) is 4.65. The quantitative estimate of drug-likeness (QED) is 0.874. The Hall–Kier alpha value is -1.39. The number of piperazine rings is 1. The van der Waals surface area contributed by atoms with Crippen LogP contribution in [0.25, 0.3) is 0 Å². The monoisotopic (exact) mass is 273 g/mol. The molecule has 2 aliphatic rings. The Kier molecular flexibility index (Phi) is 3.76. The Bertz CT molecular complexity index is 502. The average Bonchev–Trinajstić information content (AvgIpc) is 2.41. The number of nitrogens with zero attached hydrogens (tertiary/aromatic N) is 2. The maximum Gasteiger partial charge on any atom is 0.254 e. The summed E-state index contributed by atoms with van der Waals surface area (Å²) in [5, 5.41) is 3.37. The van der Waals surface area contributed by atoms with Crippen molar-refractivity contribution in [2.45, 2.75) is 19.9 Å². The van der Waals surface area contributed by atoms with Crippen LogP contribution in [-0.4, -0.2) is 61.0 Å². The summed E-state index contributed by atoms with van der Waals surface area (Å²) in [5.41, 5.74) is 3.17. The number of carbonyl (C=O) groups is 1. The van der Waals surface area contributed by atoms with Gasteiger partial charge >= 0.3 is 0 Å². The molecule has 0 atom stereocenters. The standard InChI is InChI=1S/C16H23N3O/c1-12-4-3-5-15(13(12)2)16(20)19-10-14(11-19)18-8-6-17-7-9-18/h3-5,14,17H,6-11H2,1-2H3. The van der Waals surface area contributed by atoms with E-state index in [1.165, 1.54) is 5.56 Å². The summed E-state index contributed by atoms with van der Waals surface area (Å²) in [4.78, 5) is 17.0. The molecule has 2 aliphatic heterocycles. The van der Waals surface area contributed by atoms with E-state index in [4.69, 9.17) is 0 Å². The zero-order chi connectivity index (χ0) is 14.1. The molecule has 0 spiro atoms. The molecular formula is C16H23N3O. The van der Waals surface area contributed by atoms with Gasteiger partial charge in [0.1, 0.15) is 0 Å². The van der Waals surface area contributed by atoms with Crippen LogP contribution in [-0.2, 0) is 0 Å². The number of likely N-dealkylation sites (tertiary alicyclic amines) is 1. The summed E-state index contributed by atoms with van der Waals surface area (Å²) in [6.07, 6.45) is 0. The van der Waals surface area contributed by atoms with Crippen LogP contribution in [0.1, 0.15) is 21.5 Å². The molecule has 0 aromatic heterocycles. The van der Waals surface area contributed by atoms with Crippen LogP contribution in [0.2, 0.25) is 0 Å². The number of aryl methyl sites for hydroxylation is 1. The molecule has 1 aromatic carbocycles. The van der Waals surface area contributed by atoms with Gasteiger partial charge in [0.05, 0.1) is 0 Å². The van der Waals surface area contributed by atoms with Gasteiger partial charge in [0, 0.05) is 50.9 Å². The molecule has 4 heteroatoms.